The summed E-state index contributed by atoms with van der Waals surface area (Å²) in [6.45, 7) is 5.02. The van der Waals surface area contributed by atoms with Crippen LogP contribution in [-0.4, -0.2) is 42.3 Å². The number of amides is 1. The van der Waals surface area contributed by atoms with Gasteiger partial charge in [-0.3, -0.25) is 4.79 Å². The van der Waals surface area contributed by atoms with Gasteiger partial charge >= 0.3 is 0 Å². The Morgan fingerprint density at radius 3 is 1.63 bits per heavy atom. The third-order valence-corrected chi connectivity index (χ3v) is 8.43. The summed E-state index contributed by atoms with van der Waals surface area (Å²) in [5.41, 5.74) is 3.93. The molecule has 5 rings (SSSR count). The maximum atomic E-state index is 12.0. The van der Waals surface area contributed by atoms with E-state index < -0.39 is 29.9 Å². The Hall–Kier alpha value is -3.46. The lowest BCUT2D eigenvalue weighted by atomic mass is 9.98. The normalized spacial score (nSPS) is 21.8. The molecular formula is C36H39NO5S. The highest BCUT2D eigenvalue weighted by molar-refractivity contribution is 7.99. The lowest BCUT2D eigenvalue weighted by molar-refractivity contribution is -0.245. The second-order valence-electron chi connectivity index (χ2n) is 10.7. The number of benzene rings is 4. The monoisotopic (exact) mass is 597 g/mol. The topological polar surface area (TPSA) is 66.0 Å². The molecule has 4 aromatic carbocycles. The molecule has 1 aliphatic rings. The van der Waals surface area contributed by atoms with Gasteiger partial charge in [0, 0.05) is 18.4 Å². The van der Waals surface area contributed by atoms with Gasteiger partial charge in [-0.05, 0) is 35.7 Å². The van der Waals surface area contributed by atoms with Crippen LogP contribution in [0.5, 0.6) is 0 Å². The van der Waals surface area contributed by atoms with Gasteiger partial charge in [0.25, 0.3) is 0 Å². The zero-order valence-electron chi connectivity index (χ0n) is 24.6. The van der Waals surface area contributed by atoms with E-state index in [-0.39, 0.29) is 12.5 Å². The molecule has 1 heterocycles. The Balaban J connectivity index is 1.48. The molecule has 0 bridgehead atoms. The molecule has 7 heteroatoms. The van der Waals surface area contributed by atoms with E-state index in [9.17, 15) is 4.79 Å². The van der Waals surface area contributed by atoms with Gasteiger partial charge in [-0.1, -0.05) is 120 Å². The smallest absolute Gasteiger partial charge is 0.216 e. The summed E-state index contributed by atoms with van der Waals surface area (Å²) in [5, 5.41) is 2.95. The predicted octanol–water partition coefficient (Wildman–Crippen LogP) is 6.70. The van der Waals surface area contributed by atoms with E-state index in [0.29, 0.717) is 19.8 Å². The molecule has 0 unspecified atom stereocenters. The molecule has 1 fully saturated rings. The average molecular weight is 598 g/mol. The van der Waals surface area contributed by atoms with Gasteiger partial charge in [-0.25, -0.2) is 0 Å². The number of carbonyl (C=O) groups is 1. The molecule has 0 saturated carbocycles. The lowest BCUT2D eigenvalue weighted by Gasteiger charge is -2.46. The van der Waals surface area contributed by atoms with Crippen molar-refractivity contribution in [1.82, 2.24) is 5.32 Å². The number of thioether (sulfide) groups is 1. The molecule has 0 aromatic heterocycles. The number of rotatable bonds is 13. The van der Waals surface area contributed by atoms with Crippen molar-refractivity contribution in [2.75, 3.05) is 6.54 Å². The van der Waals surface area contributed by atoms with Gasteiger partial charge < -0.3 is 24.3 Å². The quantitative estimate of drug-likeness (QED) is 0.185. The van der Waals surface area contributed by atoms with Gasteiger partial charge in [0.1, 0.15) is 29.9 Å². The number of ether oxygens (including phenoxy) is 4. The second-order valence-corrected chi connectivity index (χ2v) is 11.9. The SMILES string of the molecule is CC(=O)NC[C@H]1O[C@@H](Sc2ccc(C)cc2)[C@H](OCc2ccccc2)[C@@H](OCc2ccccc2)[C@@H]1OCc1ccccc1. The number of aryl methyl sites for hydroxylation is 1. The van der Waals surface area contributed by atoms with Crippen molar-refractivity contribution in [3.63, 3.8) is 0 Å². The first-order valence-electron chi connectivity index (χ1n) is 14.6. The first-order chi connectivity index (χ1) is 21.0. The van der Waals surface area contributed by atoms with Crippen LogP contribution in [0.25, 0.3) is 0 Å². The molecule has 0 aliphatic carbocycles. The highest BCUT2D eigenvalue weighted by Crippen LogP contribution is 2.38. The Morgan fingerprint density at radius 2 is 1.14 bits per heavy atom. The van der Waals surface area contributed by atoms with Crippen molar-refractivity contribution in [1.29, 1.82) is 0 Å². The zero-order valence-corrected chi connectivity index (χ0v) is 25.5. The number of nitrogens with one attached hydrogen (secondary N) is 1. The summed E-state index contributed by atoms with van der Waals surface area (Å²) < 4.78 is 26.8. The standard InChI is InChI=1S/C36H39NO5S/c1-26-18-20-31(21-19-26)43-36-35(41-25-30-16-10-5-11-17-30)34(40-24-29-14-8-4-9-15-29)33(32(42-36)22-37-27(2)38)39-23-28-12-6-3-7-13-28/h3-21,32-36H,22-25H2,1-2H3,(H,37,38)/t32-,33-,34+,35-,36+/m1/s1. The summed E-state index contributed by atoms with van der Waals surface area (Å²) >= 11 is 1.60. The molecule has 5 atom stereocenters. The van der Waals surface area contributed by atoms with E-state index in [4.69, 9.17) is 18.9 Å². The predicted molar refractivity (Wildman–Crippen MR) is 169 cm³/mol. The third-order valence-electron chi connectivity index (χ3n) is 7.27. The molecule has 43 heavy (non-hydrogen) atoms. The van der Waals surface area contributed by atoms with E-state index in [1.165, 1.54) is 12.5 Å². The minimum Gasteiger partial charge on any atom is -0.368 e. The molecule has 224 valence electrons. The van der Waals surface area contributed by atoms with Crippen LogP contribution in [0.2, 0.25) is 0 Å². The summed E-state index contributed by atoms with van der Waals surface area (Å²) in [6.07, 6.45) is -1.92. The third kappa shape index (κ3) is 9.26. The maximum Gasteiger partial charge on any atom is 0.216 e. The Morgan fingerprint density at radius 1 is 0.674 bits per heavy atom. The van der Waals surface area contributed by atoms with E-state index in [2.05, 4.69) is 48.6 Å². The lowest BCUT2D eigenvalue weighted by Crippen LogP contribution is -2.61. The minimum absolute atomic E-state index is 0.127. The van der Waals surface area contributed by atoms with Crippen LogP contribution < -0.4 is 5.32 Å². The molecule has 1 amide bonds. The number of carbonyl (C=O) groups excluding carboxylic acids is 1. The van der Waals surface area contributed by atoms with Crippen molar-refractivity contribution in [3.8, 4) is 0 Å². The fraction of sp³-hybridized carbons (Fsp3) is 0.306. The van der Waals surface area contributed by atoms with Crippen molar-refractivity contribution < 1.29 is 23.7 Å². The minimum atomic E-state index is -0.508. The molecule has 1 aliphatic heterocycles. The molecule has 0 spiro atoms. The highest BCUT2D eigenvalue weighted by Gasteiger charge is 2.48. The fourth-order valence-electron chi connectivity index (χ4n) is 5.00. The van der Waals surface area contributed by atoms with Crippen LogP contribution in [0.1, 0.15) is 29.2 Å². The average Bonchev–Trinajstić information content (AvgIpc) is 3.04. The molecule has 1 saturated heterocycles. The number of hydrogen-bond donors (Lipinski definition) is 1. The van der Waals surface area contributed by atoms with Crippen molar-refractivity contribution in [2.45, 2.75) is 68.4 Å². The zero-order chi connectivity index (χ0) is 29.9. The fourth-order valence-corrected chi connectivity index (χ4v) is 6.13. The highest BCUT2D eigenvalue weighted by atomic mass is 32.2. The Labute approximate surface area is 258 Å². The molecular weight excluding hydrogens is 558 g/mol. The van der Waals surface area contributed by atoms with Crippen LogP contribution in [-0.2, 0) is 43.6 Å². The van der Waals surface area contributed by atoms with Crippen LogP contribution in [0, 0.1) is 6.92 Å². The summed E-state index contributed by atoms with van der Waals surface area (Å²) in [7, 11) is 0. The van der Waals surface area contributed by atoms with Crippen LogP contribution in [0.3, 0.4) is 0 Å². The van der Waals surface area contributed by atoms with E-state index in [1.807, 2.05) is 78.9 Å². The van der Waals surface area contributed by atoms with Crippen molar-refractivity contribution in [2.24, 2.45) is 0 Å². The molecule has 0 radical (unpaired) electrons. The maximum absolute atomic E-state index is 12.0. The van der Waals surface area contributed by atoms with Crippen molar-refractivity contribution >= 4 is 17.7 Å². The molecule has 6 nitrogen and oxygen atoms in total. The molecule has 1 N–H and O–H groups in total. The van der Waals surface area contributed by atoms with Gasteiger partial charge in [-0.15, -0.1) is 0 Å². The summed E-state index contributed by atoms with van der Waals surface area (Å²) in [4.78, 5) is 13.1. The first kappa shape index (κ1) is 31.0. The van der Waals surface area contributed by atoms with E-state index in [0.717, 1.165) is 21.6 Å². The largest absolute Gasteiger partial charge is 0.368 e. The Bertz CT molecular complexity index is 1390. The van der Waals surface area contributed by atoms with E-state index in [1.54, 1.807) is 11.8 Å². The van der Waals surface area contributed by atoms with Gasteiger partial charge in [-0.2, -0.15) is 0 Å². The van der Waals surface area contributed by atoms with Crippen LogP contribution >= 0.6 is 11.8 Å². The van der Waals surface area contributed by atoms with Gasteiger partial charge in [0.2, 0.25) is 5.91 Å². The van der Waals surface area contributed by atoms with E-state index >= 15 is 0 Å². The Kier molecular flexibility index (Phi) is 11.4. The van der Waals surface area contributed by atoms with Crippen molar-refractivity contribution in [3.05, 3.63) is 138 Å². The number of hydrogen-bond acceptors (Lipinski definition) is 6. The van der Waals surface area contributed by atoms with Crippen LogP contribution in [0.4, 0.5) is 0 Å². The van der Waals surface area contributed by atoms with Gasteiger partial charge in [0.15, 0.2) is 0 Å². The van der Waals surface area contributed by atoms with Crippen LogP contribution in [0.15, 0.2) is 120 Å². The summed E-state index contributed by atoms with van der Waals surface area (Å²) in [5.74, 6) is -0.127. The summed E-state index contributed by atoms with van der Waals surface area (Å²) in [6, 6.07) is 38.6. The van der Waals surface area contributed by atoms with Gasteiger partial charge in [0.05, 0.1) is 19.8 Å². The second kappa shape index (κ2) is 15.8. The molecule has 4 aromatic rings. The first-order valence-corrected chi connectivity index (χ1v) is 15.5.